The average Bonchev–Trinajstić information content (AvgIpc) is 2.14. The van der Waals surface area contributed by atoms with Crippen molar-refractivity contribution in [3.8, 4) is 0 Å². The molecule has 0 aliphatic carbocycles. The van der Waals surface area contributed by atoms with Gasteiger partial charge < -0.3 is 0 Å². The second kappa shape index (κ2) is 4.09. The van der Waals surface area contributed by atoms with Gasteiger partial charge in [0, 0.05) is 5.92 Å². The fraction of sp³-hybridized carbons (Fsp3) is 0.250. The molecule has 0 unspecified atom stereocenters. The molecule has 1 aromatic rings. The molecule has 0 aliphatic heterocycles. The lowest BCUT2D eigenvalue weighted by atomic mass is 9.97. The third-order valence-electron chi connectivity index (χ3n) is 2.17. The van der Waals surface area contributed by atoms with Crippen molar-refractivity contribution < 1.29 is 13.2 Å². The minimum absolute atomic E-state index is 0.567. The monoisotopic (exact) mass is 213 g/mol. The van der Waals surface area contributed by atoms with Crippen LogP contribution in [0.4, 0.5) is 13.2 Å². The Morgan fingerprint density at radius 2 is 1.87 bits per heavy atom. The number of rotatable bonds is 2. The van der Waals surface area contributed by atoms with Crippen molar-refractivity contribution in [2.45, 2.75) is 20.0 Å². The summed E-state index contributed by atoms with van der Waals surface area (Å²) in [5.74, 6) is 0.740. The molecule has 0 saturated carbocycles. The number of aryl methyl sites for hydroxylation is 1. The van der Waals surface area contributed by atoms with E-state index in [-0.39, 0.29) is 0 Å². The quantitative estimate of drug-likeness (QED) is 0.692. The van der Waals surface area contributed by atoms with Gasteiger partial charge >= 0.3 is 6.18 Å². The molecule has 0 aliphatic rings. The molecule has 0 bridgehead atoms. The van der Waals surface area contributed by atoms with Gasteiger partial charge in [0.25, 0.3) is 0 Å². The first-order chi connectivity index (χ1) is 6.84. The maximum atomic E-state index is 12.5. The van der Waals surface area contributed by atoms with E-state index in [4.69, 9.17) is 0 Å². The molecule has 3 heteroatoms. The Labute approximate surface area is 87.4 Å². The van der Waals surface area contributed by atoms with Gasteiger partial charge in [-0.2, -0.15) is 13.2 Å². The summed E-state index contributed by atoms with van der Waals surface area (Å²) in [6.07, 6.45) is -2.74. The Morgan fingerprint density at radius 3 is 2.33 bits per heavy atom. The van der Waals surface area contributed by atoms with Crippen LogP contribution >= 0.6 is 0 Å². The summed E-state index contributed by atoms with van der Waals surface area (Å²) < 4.78 is 37.4. The number of benzene rings is 1. The molecule has 0 N–H and O–H groups in total. The second-order valence-corrected chi connectivity index (χ2v) is 3.47. The molecular weight excluding hydrogens is 201 g/mol. The highest BCUT2D eigenvalue weighted by Gasteiger charge is 2.31. The molecule has 15 heavy (non-hydrogen) atoms. The van der Waals surface area contributed by atoms with Crippen LogP contribution in [-0.4, -0.2) is 0 Å². The van der Waals surface area contributed by atoms with Gasteiger partial charge in [-0.25, -0.2) is 0 Å². The SMILES string of the molecule is C=C[C](C)c1cc(C)cc(C(F)(F)F)c1. The molecule has 0 aromatic heterocycles. The van der Waals surface area contributed by atoms with E-state index in [0.717, 1.165) is 18.1 Å². The molecule has 0 fully saturated rings. The van der Waals surface area contributed by atoms with Crippen LogP contribution in [0.15, 0.2) is 30.9 Å². The first-order valence-corrected chi connectivity index (χ1v) is 4.50. The van der Waals surface area contributed by atoms with E-state index < -0.39 is 11.7 Å². The first-order valence-electron chi connectivity index (χ1n) is 4.50. The molecular formula is C12H12F3. The fourth-order valence-electron chi connectivity index (χ4n) is 1.29. The van der Waals surface area contributed by atoms with Crippen LogP contribution in [0.3, 0.4) is 0 Å². The van der Waals surface area contributed by atoms with Crippen molar-refractivity contribution in [1.29, 1.82) is 0 Å². The zero-order valence-corrected chi connectivity index (χ0v) is 8.65. The molecule has 0 amide bonds. The van der Waals surface area contributed by atoms with Crippen LogP contribution in [0.5, 0.6) is 0 Å². The molecule has 0 spiro atoms. The predicted octanol–water partition coefficient (Wildman–Crippen LogP) is 4.14. The Kier molecular flexibility index (Phi) is 3.22. The predicted molar refractivity (Wildman–Crippen MR) is 54.4 cm³/mol. The molecule has 1 radical (unpaired) electrons. The maximum absolute atomic E-state index is 12.5. The summed E-state index contributed by atoms with van der Waals surface area (Å²) in [5, 5.41) is 0. The smallest absolute Gasteiger partial charge is 0.166 e. The van der Waals surface area contributed by atoms with Crippen molar-refractivity contribution in [1.82, 2.24) is 0 Å². The van der Waals surface area contributed by atoms with Crippen molar-refractivity contribution in [3.05, 3.63) is 53.5 Å². The van der Waals surface area contributed by atoms with Crippen LogP contribution < -0.4 is 0 Å². The van der Waals surface area contributed by atoms with E-state index in [9.17, 15) is 13.2 Å². The molecule has 0 saturated heterocycles. The number of halogens is 3. The summed E-state index contributed by atoms with van der Waals surface area (Å²) in [7, 11) is 0. The highest BCUT2D eigenvalue weighted by atomic mass is 19.4. The van der Waals surface area contributed by atoms with Gasteiger partial charge in [-0.1, -0.05) is 24.6 Å². The van der Waals surface area contributed by atoms with Gasteiger partial charge in [0.2, 0.25) is 0 Å². The minimum atomic E-state index is -4.29. The van der Waals surface area contributed by atoms with Gasteiger partial charge in [-0.05, 0) is 24.6 Å². The summed E-state index contributed by atoms with van der Waals surface area (Å²) in [6, 6.07) is 4.00. The molecule has 81 valence electrons. The van der Waals surface area contributed by atoms with E-state index in [1.807, 2.05) is 0 Å². The summed E-state index contributed by atoms with van der Waals surface area (Å²) in [4.78, 5) is 0. The number of hydrogen-bond donors (Lipinski definition) is 0. The Morgan fingerprint density at radius 1 is 1.27 bits per heavy atom. The van der Waals surface area contributed by atoms with Crippen molar-refractivity contribution in [3.63, 3.8) is 0 Å². The third kappa shape index (κ3) is 2.85. The van der Waals surface area contributed by atoms with Crippen molar-refractivity contribution in [2.75, 3.05) is 0 Å². The highest BCUT2D eigenvalue weighted by molar-refractivity contribution is 5.41. The topological polar surface area (TPSA) is 0 Å². The summed E-state index contributed by atoms with van der Waals surface area (Å²) in [6.45, 7) is 6.93. The van der Waals surface area contributed by atoms with E-state index in [1.165, 1.54) is 0 Å². The average molecular weight is 213 g/mol. The van der Waals surface area contributed by atoms with Crippen LogP contribution in [0.1, 0.15) is 23.6 Å². The molecule has 0 nitrogen and oxygen atoms in total. The largest absolute Gasteiger partial charge is 0.416 e. The Balaban J connectivity index is 3.22. The minimum Gasteiger partial charge on any atom is -0.166 e. The van der Waals surface area contributed by atoms with Gasteiger partial charge in [-0.3, -0.25) is 0 Å². The normalized spacial score (nSPS) is 11.9. The molecule has 1 rings (SSSR count). The zero-order chi connectivity index (χ0) is 11.6. The van der Waals surface area contributed by atoms with Crippen LogP contribution in [0, 0.1) is 12.8 Å². The van der Waals surface area contributed by atoms with E-state index in [0.29, 0.717) is 11.1 Å². The van der Waals surface area contributed by atoms with Crippen molar-refractivity contribution >= 4 is 0 Å². The molecule has 0 heterocycles. The number of alkyl halides is 3. The molecule has 1 aromatic carbocycles. The van der Waals surface area contributed by atoms with Crippen molar-refractivity contribution in [2.24, 2.45) is 0 Å². The lowest BCUT2D eigenvalue weighted by molar-refractivity contribution is -0.137. The van der Waals surface area contributed by atoms with Gasteiger partial charge in [0.05, 0.1) is 5.56 Å². The summed E-state index contributed by atoms with van der Waals surface area (Å²) in [5.41, 5.74) is 0.553. The first kappa shape index (κ1) is 11.8. The second-order valence-electron chi connectivity index (χ2n) is 3.47. The maximum Gasteiger partial charge on any atom is 0.416 e. The van der Waals surface area contributed by atoms with Crippen LogP contribution in [0.25, 0.3) is 0 Å². The van der Waals surface area contributed by atoms with E-state index in [1.54, 1.807) is 26.0 Å². The van der Waals surface area contributed by atoms with Gasteiger partial charge in [0.1, 0.15) is 0 Å². The third-order valence-corrected chi connectivity index (χ3v) is 2.17. The molecule has 0 atom stereocenters. The van der Waals surface area contributed by atoms with E-state index >= 15 is 0 Å². The van der Waals surface area contributed by atoms with Crippen LogP contribution in [0.2, 0.25) is 0 Å². The Hall–Kier alpha value is -1.25. The van der Waals surface area contributed by atoms with Crippen LogP contribution in [-0.2, 0) is 6.18 Å². The number of hydrogen-bond acceptors (Lipinski definition) is 0. The van der Waals surface area contributed by atoms with Gasteiger partial charge in [0.15, 0.2) is 0 Å². The van der Waals surface area contributed by atoms with Gasteiger partial charge in [-0.15, -0.1) is 6.58 Å². The highest BCUT2D eigenvalue weighted by Crippen LogP contribution is 2.32. The van der Waals surface area contributed by atoms with E-state index in [2.05, 4.69) is 6.58 Å². The Bertz CT molecular complexity index is 364. The lowest BCUT2D eigenvalue weighted by Gasteiger charge is -2.12. The number of allylic oxidation sites excluding steroid dienone is 1. The zero-order valence-electron chi connectivity index (χ0n) is 8.65. The summed E-state index contributed by atoms with van der Waals surface area (Å²) >= 11 is 0. The fourth-order valence-corrected chi connectivity index (χ4v) is 1.29. The lowest BCUT2D eigenvalue weighted by Crippen LogP contribution is -2.06. The standard InChI is InChI=1S/C12H12F3/c1-4-9(3)10-5-8(2)6-11(7-10)12(13,14)15/h4-7H,1H2,2-3H3.